The Kier molecular flexibility index (Phi) is 6.10. The third-order valence-electron chi connectivity index (χ3n) is 5.42. The van der Waals surface area contributed by atoms with E-state index in [-0.39, 0.29) is 17.0 Å². The fourth-order valence-electron chi connectivity index (χ4n) is 3.91. The van der Waals surface area contributed by atoms with E-state index in [0.717, 1.165) is 13.1 Å². The molecule has 2 heterocycles. The number of imidazole rings is 1. The molecule has 0 spiro atoms. The van der Waals surface area contributed by atoms with Crippen molar-refractivity contribution in [3.05, 3.63) is 132 Å². The molecule has 2 nitrogen and oxygen atoms in total. The predicted octanol–water partition coefficient (Wildman–Crippen LogP) is 2.47. The van der Waals surface area contributed by atoms with E-state index < -0.39 is 0 Å². The highest BCUT2D eigenvalue weighted by molar-refractivity contribution is 5.92. The van der Waals surface area contributed by atoms with Crippen molar-refractivity contribution in [2.75, 3.05) is 0 Å². The van der Waals surface area contributed by atoms with E-state index in [1.54, 1.807) is 0 Å². The molecular weight excluding hydrogens is 432 g/mol. The average Bonchev–Trinajstić information content (AvgIpc) is 3.04. The van der Waals surface area contributed by atoms with Gasteiger partial charge in [0.1, 0.15) is 25.5 Å². The molecule has 1 aliphatic heterocycles. The lowest BCUT2D eigenvalue weighted by molar-refractivity contribution is -0.685. The molecule has 4 aromatic rings. The van der Waals surface area contributed by atoms with Gasteiger partial charge < -0.3 is 17.0 Å². The molecule has 0 N–H and O–H groups in total. The summed E-state index contributed by atoms with van der Waals surface area (Å²) in [7, 11) is 0. The highest BCUT2D eigenvalue weighted by Crippen LogP contribution is 2.27. The summed E-state index contributed by atoms with van der Waals surface area (Å²) in [4.78, 5) is 0. The van der Waals surface area contributed by atoms with Gasteiger partial charge in [-0.1, -0.05) is 91.0 Å². The second-order valence-electron chi connectivity index (χ2n) is 7.40. The van der Waals surface area contributed by atoms with Gasteiger partial charge in [0.05, 0.1) is 0 Å². The Hall–Kier alpha value is -3.17. The Balaban J connectivity index is 0.00000218. The van der Waals surface area contributed by atoms with Crippen LogP contribution in [0, 0.1) is 0 Å². The molecule has 0 unspecified atom stereocenters. The zero-order valence-electron chi connectivity index (χ0n) is 16.7. The van der Waals surface area contributed by atoms with Crippen molar-refractivity contribution in [2.24, 2.45) is 0 Å². The van der Waals surface area contributed by atoms with Gasteiger partial charge in [-0.3, -0.25) is 0 Å². The number of halogens is 1. The van der Waals surface area contributed by atoms with Gasteiger partial charge in [-0.15, -0.1) is 0 Å². The topological polar surface area (TPSA) is 8.81 Å². The minimum Gasteiger partial charge on any atom is -1.00 e. The summed E-state index contributed by atoms with van der Waals surface area (Å²) in [6, 6.07) is 32.0. The van der Waals surface area contributed by atoms with Crippen molar-refractivity contribution in [1.29, 1.82) is 0 Å². The smallest absolute Gasteiger partial charge is 0.282 e. The van der Waals surface area contributed by atoms with Crippen LogP contribution < -0.4 is 21.5 Å². The molecule has 0 aliphatic carbocycles. The van der Waals surface area contributed by atoms with Crippen LogP contribution in [0.2, 0.25) is 0 Å². The molecule has 0 atom stereocenters. The van der Waals surface area contributed by atoms with Gasteiger partial charge in [0.15, 0.2) is 0 Å². The highest BCUT2D eigenvalue weighted by Gasteiger charge is 2.21. The van der Waals surface area contributed by atoms with Crippen molar-refractivity contribution in [3.8, 4) is 0 Å². The molecule has 0 amide bonds. The first-order valence-corrected chi connectivity index (χ1v) is 10.0. The number of aromatic nitrogens is 2. The standard InChI is InChI=1S/C27H23N2.BrH/c1-4-10-22(11-5-1)20-28-16-17-29-21-26(24-14-8-3-9-15-24)18-25(19-27(28)29)23-12-6-2-7-13-23;/h1-19H,20-21H2;1H/q+1;/p-1. The molecule has 1 aliphatic rings. The summed E-state index contributed by atoms with van der Waals surface area (Å²) in [5, 5.41) is 0. The minimum atomic E-state index is 0. The van der Waals surface area contributed by atoms with E-state index in [0.29, 0.717) is 0 Å². The Labute approximate surface area is 188 Å². The summed E-state index contributed by atoms with van der Waals surface area (Å²) >= 11 is 0. The summed E-state index contributed by atoms with van der Waals surface area (Å²) in [6.07, 6.45) is 9.04. The number of benzene rings is 3. The van der Waals surface area contributed by atoms with E-state index in [2.05, 4.69) is 125 Å². The van der Waals surface area contributed by atoms with Crippen molar-refractivity contribution >= 4 is 17.2 Å². The molecule has 0 bridgehead atoms. The maximum atomic E-state index is 2.34. The van der Waals surface area contributed by atoms with Crippen LogP contribution >= 0.6 is 0 Å². The molecule has 3 aromatic carbocycles. The normalized spacial score (nSPS) is 12.8. The summed E-state index contributed by atoms with van der Waals surface area (Å²) in [5.41, 5.74) is 6.37. The Bertz CT molecular complexity index is 1170. The van der Waals surface area contributed by atoms with Crippen molar-refractivity contribution in [3.63, 3.8) is 0 Å². The van der Waals surface area contributed by atoms with E-state index in [9.17, 15) is 0 Å². The maximum Gasteiger partial charge on any atom is 0.282 e. The lowest BCUT2D eigenvalue weighted by Gasteiger charge is -2.06. The first-order valence-electron chi connectivity index (χ1n) is 10.0. The summed E-state index contributed by atoms with van der Waals surface area (Å²) in [5.74, 6) is 1.22. The monoisotopic (exact) mass is 454 g/mol. The third-order valence-corrected chi connectivity index (χ3v) is 5.42. The number of hydrogen-bond donors (Lipinski definition) is 0. The van der Waals surface area contributed by atoms with Crippen LogP contribution in [0.5, 0.6) is 0 Å². The van der Waals surface area contributed by atoms with Crippen LogP contribution in [0.25, 0.3) is 17.2 Å². The van der Waals surface area contributed by atoms with Gasteiger partial charge >= 0.3 is 0 Å². The second kappa shape index (κ2) is 9.10. The van der Waals surface area contributed by atoms with E-state index in [1.807, 2.05) is 0 Å². The number of hydrogen-bond acceptors (Lipinski definition) is 0. The van der Waals surface area contributed by atoms with Gasteiger partial charge in [0.25, 0.3) is 5.82 Å². The average molecular weight is 455 g/mol. The molecule has 3 heteroatoms. The summed E-state index contributed by atoms with van der Waals surface area (Å²) < 4.78 is 4.68. The molecule has 0 saturated heterocycles. The fraction of sp³-hybridized carbons (Fsp3) is 0.0741. The van der Waals surface area contributed by atoms with Crippen LogP contribution in [0.4, 0.5) is 0 Å². The van der Waals surface area contributed by atoms with Gasteiger partial charge in [-0.25, -0.2) is 9.13 Å². The summed E-state index contributed by atoms with van der Waals surface area (Å²) in [6.45, 7) is 1.72. The minimum absolute atomic E-state index is 0. The molecule has 0 saturated carbocycles. The van der Waals surface area contributed by atoms with Gasteiger partial charge in [-0.2, -0.15) is 0 Å². The first-order chi connectivity index (χ1) is 14.4. The van der Waals surface area contributed by atoms with Crippen LogP contribution in [0.1, 0.15) is 22.5 Å². The van der Waals surface area contributed by atoms with Crippen LogP contribution in [-0.2, 0) is 13.1 Å². The lowest BCUT2D eigenvalue weighted by Crippen LogP contribution is -3.00. The van der Waals surface area contributed by atoms with Crippen LogP contribution in [0.15, 0.2) is 109 Å². The largest absolute Gasteiger partial charge is 1.00 e. The predicted molar refractivity (Wildman–Crippen MR) is 119 cm³/mol. The van der Waals surface area contributed by atoms with Gasteiger partial charge in [0, 0.05) is 11.6 Å². The van der Waals surface area contributed by atoms with Crippen LogP contribution in [0.3, 0.4) is 0 Å². The Morgan fingerprint density at radius 3 is 1.97 bits per heavy atom. The molecule has 0 fully saturated rings. The zero-order chi connectivity index (χ0) is 19.5. The Morgan fingerprint density at radius 2 is 1.30 bits per heavy atom. The third kappa shape index (κ3) is 4.22. The van der Waals surface area contributed by atoms with Crippen molar-refractivity contribution in [1.82, 2.24) is 4.57 Å². The van der Waals surface area contributed by atoms with E-state index in [4.69, 9.17) is 0 Å². The SMILES string of the molecule is C1=C(c2ccccc2)C=C(c2ccccc2)C[n+]2ccn(Cc3ccccc3)c21.[Br-]. The fourth-order valence-corrected chi connectivity index (χ4v) is 3.91. The molecular formula is C27H23BrN2. The van der Waals surface area contributed by atoms with E-state index >= 15 is 0 Å². The second-order valence-corrected chi connectivity index (χ2v) is 7.40. The number of fused-ring (bicyclic) bond motifs is 1. The highest BCUT2D eigenvalue weighted by atomic mass is 79.9. The van der Waals surface area contributed by atoms with Crippen LogP contribution in [-0.4, -0.2) is 4.57 Å². The Morgan fingerprint density at radius 1 is 0.700 bits per heavy atom. The molecule has 5 rings (SSSR count). The van der Waals surface area contributed by atoms with Crippen molar-refractivity contribution < 1.29 is 21.5 Å². The number of allylic oxidation sites excluding steroid dienone is 3. The molecule has 0 radical (unpaired) electrons. The number of nitrogens with zero attached hydrogens (tertiary/aromatic N) is 2. The number of rotatable bonds is 4. The quantitative estimate of drug-likeness (QED) is 0.419. The lowest BCUT2D eigenvalue weighted by atomic mass is 9.99. The maximum absolute atomic E-state index is 2.34. The van der Waals surface area contributed by atoms with Gasteiger partial charge in [0.2, 0.25) is 0 Å². The first kappa shape index (κ1) is 20.1. The van der Waals surface area contributed by atoms with Gasteiger partial charge in [-0.05, 0) is 28.3 Å². The zero-order valence-corrected chi connectivity index (χ0v) is 18.2. The van der Waals surface area contributed by atoms with E-state index in [1.165, 1.54) is 33.7 Å². The molecule has 30 heavy (non-hydrogen) atoms. The molecule has 148 valence electrons. The molecule has 1 aromatic heterocycles. The van der Waals surface area contributed by atoms with Crippen molar-refractivity contribution in [2.45, 2.75) is 13.1 Å².